The Bertz CT molecular complexity index is 378. The van der Waals surface area contributed by atoms with E-state index in [2.05, 4.69) is 4.98 Å². The summed E-state index contributed by atoms with van der Waals surface area (Å²) < 4.78 is 14.1. The Balaban J connectivity index is 2.20. The van der Waals surface area contributed by atoms with Crippen LogP contribution >= 0.6 is 11.6 Å². The van der Waals surface area contributed by atoms with Gasteiger partial charge in [-0.1, -0.05) is 19.3 Å². The Hall–Kier alpha value is -0.830. The molecule has 0 unspecified atom stereocenters. The lowest BCUT2D eigenvalue weighted by Crippen LogP contribution is -2.34. The van der Waals surface area contributed by atoms with Gasteiger partial charge in [0.25, 0.3) is 0 Å². The predicted molar refractivity (Wildman–Crippen MR) is 69.0 cm³/mol. The molecule has 1 saturated carbocycles. The average molecular weight is 257 g/mol. The third kappa shape index (κ3) is 2.71. The van der Waals surface area contributed by atoms with Crippen molar-refractivity contribution in [3.63, 3.8) is 0 Å². The monoisotopic (exact) mass is 256 g/mol. The highest BCUT2D eigenvalue weighted by Crippen LogP contribution is 2.27. The summed E-state index contributed by atoms with van der Waals surface area (Å²) >= 11 is 5.71. The molecule has 1 aromatic rings. The molecule has 1 aliphatic rings. The van der Waals surface area contributed by atoms with Crippen molar-refractivity contribution < 1.29 is 4.39 Å². The zero-order chi connectivity index (χ0) is 12.3. The molecule has 0 spiro atoms. The summed E-state index contributed by atoms with van der Waals surface area (Å²) in [6, 6.07) is 2.05. The lowest BCUT2D eigenvalue weighted by molar-refractivity contribution is 0.422. The molecular formula is C13H18ClFN2. The SMILES string of the molecule is CN(c1nccc(CCl)c1F)C1CCCCC1. The third-order valence-electron chi connectivity index (χ3n) is 3.55. The lowest BCUT2D eigenvalue weighted by atomic mass is 9.94. The van der Waals surface area contributed by atoms with Crippen LogP contribution in [0.1, 0.15) is 37.7 Å². The van der Waals surface area contributed by atoms with Crippen LogP contribution in [0.2, 0.25) is 0 Å². The average Bonchev–Trinajstić information content (AvgIpc) is 2.39. The zero-order valence-corrected chi connectivity index (χ0v) is 10.9. The number of rotatable bonds is 3. The van der Waals surface area contributed by atoms with Gasteiger partial charge in [0.2, 0.25) is 0 Å². The van der Waals surface area contributed by atoms with Gasteiger partial charge in [-0.15, -0.1) is 11.6 Å². The number of aromatic nitrogens is 1. The molecule has 0 aliphatic heterocycles. The van der Waals surface area contributed by atoms with Crippen molar-refractivity contribution in [2.24, 2.45) is 0 Å². The van der Waals surface area contributed by atoms with Gasteiger partial charge in [-0.25, -0.2) is 9.37 Å². The number of pyridine rings is 1. The summed E-state index contributed by atoms with van der Waals surface area (Å²) in [6.45, 7) is 0. The molecule has 0 aromatic carbocycles. The second-order valence-electron chi connectivity index (χ2n) is 4.64. The van der Waals surface area contributed by atoms with E-state index in [9.17, 15) is 4.39 Å². The molecule has 1 heterocycles. The Morgan fingerprint density at radius 1 is 1.41 bits per heavy atom. The fraction of sp³-hybridized carbons (Fsp3) is 0.615. The largest absolute Gasteiger partial charge is 0.354 e. The summed E-state index contributed by atoms with van der Waals surface area (Å²) in [5.41, 5.74) is 0.527. The smallest absolute Gasteiger partial charge is 0.170 e. The first-order valence-electron chi connectivity index (χ1n) is 6.16. The number of anilines is 1. The molecule has 1 aromatic heterocycles. The van der Waals surface area contributed by atoms with E-state index in [-0.39, 0.29) is 11.7 Å². The van der Waals surface area contributed by atoms with E-state index in [1.165, 1.54) is 19.3 Å². The topological polar surface area (TPSA) is 16.1 Å². The molecule has 1 aliphatic carbocycles. The third-order valence-corrected chi connectivity index (χ3v) is 3.84. The van der Waals surface area contributed by atoms with Gasteiger partial charge in [-0.05, 0) is 18.9 Å². The van der Waals surface area contributed by atoms with Crippen LogP contribution in [0.15, 0.2) is 12.3 Å². The van der Waals surface area contributed by atoms with Crippen LogP contribution in [-0.2, 0) is 5.88 Å². The zero-order valence-electron chi connectivity index (χ0n) is 10.1. The predicted octanol–water partition coefficient (Wildman–Crippen LogP) is 3.73. The first kappa shape index (κ1) is 12.6. The minimum Gasteiger partial charge on any atom is -0.354 e. The van der Waals surface area contributed by atoms with Crippen molar-refractivity contribution in [1.82, 2.24) is 4.98 Å². The van der Waals surface area contributed by atoms with Gasteiger partial charge in [-0.2, -0.15) is 0 Å². The molecule has 0 saturated heterocycles. The molecule has 1 fully saturated rings. The standard InChI is InChI=1S/C13H18ClFN2/c1-17(11-5-3-2-4-6-11)13-12(15)10(9-14)7-8-16-13/h7-8,11H,2-6,9H2,1H3. The van der Waals surface area contributed by atoms with Crippen LogP contribution in [0.5, 0.6) is 0 Å². The quantitative estimate of drug-likeness (QED) is 0.766. The van der Waals surface area contributed by atoms with Gasteiger partial charge >= 0.3 is 0 Å². The van der Waals surface area contributed by atoms with Crippen molar-refractivity contribution in [1.29, 1.82) is 0 Å². The molecule has 0 radical (unpaired) electrons. The Morgan fingerprint density at radius 2 is 2.12 bits per heavy atom. The van der Waals surface area contributed by atoms with Crippen LogP contribution in [0, 0.1) is 5.82 Å². The highest BCUT2D eigenvalue weighted by molar-refractivity contribution is 6.17. The van der Waals surface area contributed by atoms with Gasteiger partial charge in [0.05, 0.1) is 5.88 Å². The van der Waals surface area contributed by atoms with E-state index in [1.807, 2.05) is 11.9 Å². The maximum atomic E-state index is 14.1. The summed E-state index contributed by atoms with van der Waals surface area (Å²) in [5, 5.41) is 0. The molecule has 2 nitrogen and oxygen atoms in total. The van der Waals surface area contributed by atoms with Gasteiger partial charge in [0, 0.05) is 24.8 Å². The number of halogens is 2. The normalized spacial score (nSPS) is 17.1. The Morgan fingerprint density at radius 3 is 2.76 bits per heavy atom. The molecule has 0 atom stereocenters. The fourth-order valence-electron chi connectivity index (χ4n) is 2.46. The first-order chi connectivity index (χ1) is 8.24. The van der Waals surface area contributed by atoms with Gasteiger partial charge < -0.3 is 4.90 Å². The number of alkyl halides is 1. The number of hydrogen-bond donors (Lipinski definition) is 0. The maximum absolute atomic E-state index is 14.1. The van der Waals surface area contributed by atoms with Crippen LogP contribution < -0.4 is 4.90 Å². The summed E-state index contributed by atoms with van der Waals surface area (Å²) in [7, 11) is 1.93. The lowest BCUT2D eigenvalue weighted by Gasteiger charge is -2.32. The van der Waals surface area contributed by atoms with E-state index in [0.717, 1.165) is 12.8 Å². The molecule has 0 N–H and O–H groups in total. The van der Waals surface area contributed by atoms with Crippen molar-refractivity contribution in [2.75, 3.05) is 11.9 Å². The highest BCUT2D eigenvalue weighted by Gasteiger charge is 2.22. The second-order valence-corrected chi connectivity index (χ2v) is 4.91. The van der Waals surface area contributed by atoms with Crippen molar-refractivity contribution in [3.8, 4) is 0 Å². The summed E-state index contributed by atoms with van der Waals surface area (Å²) in [5.74, 6) is 0.366. The molecule has 2 rings (SSSR count). The highest BCUT2D eigenvalue weighted by atomic mass is 35.5. The van der Waals surface area contributed by atoms with E-state index < -0.39 is 0 Å². The van der Waals surface area contributed by atoms with Crippen LogP contribution in [-0.4, -0.2) is 18.1 Å². The number of hydrogen-bond acceptors (Lipinski definition) is 2. The van der Waals surface area contributed by atoms with Gasteiger partial charge in [0.15, 0.2) is 11.6 Å². The molecule has 17 heavy (non-hydrogen) atoms. The van der Waals surface area contributed by atoms with Crippen molar-refractivity contribution in [2.45, 2.75) is 44.0 Å². The molecular weight excluding hydrogens is 239 g/mol. The first-order valence-corrected chi connectivity index (χ1v) is 6.69. The summed E-state index contributed by atoms with van der Waals surface area (Å²) in [4.78, 5) is 6.13. The van der Waals surface area contributed by atoms with Gasteiger partial charge in [0.1, 0.15) is 0 Å². The van der Waals surface area contributed by atoms with Crippen LogP contribution in [0.3, 0.4) is 0 Å². The Kier molecular flexibility index (Phi) is 4.21. The van der Waals surface area contributed by atoms with E-state index in [0.29, 0.717) is 17.4 Å². The van der Waals surface area contributed by atoms with Gasteiger partial charge in [-0.3, -0.25) is 0 Å². The maximum Gasteiger partial charge on any atom is 0.170 e. The van der Waals surface area contributed by atoms with Crippen molar-refractivity contribution in [3.05, 3.63) is 23.6 Å². The van der Waals surface area contributed by atoms with Crippen LogP contribution in [0.4, 0.5) is 10.2 Å². The minimum atomic E-state index is -0.268. The second kappa shape index (κ2) is 5.67. The van der Waals surface area contributed by atoms with E-state index in [1.54, 1.807) is 12.3 Å². The minimum absolute atomic E-state index is 0.194. The fourth-order valence-corrected chi connectivity index (χ4v) is 2.67. The van der Waals surface area contributed by atoms with E-state index in [4.69, 9.17) is 11.6 Å². The molecule has 0 amide bonds. The molecule has 4 heteroatoms. The number of nitrogens with zero attached hydrogens (tertiary/aromatic N) is 2. The van der Waals surface area contributed by atoms with E-state index >= 15 is 0 Å². The molecule has 94 valence electrons. The molecule has 0 bridgehead atoms. The van der Waals surface area contributed by atoms with Crippen LogP contribution in [0.25, 0.3) is 0 Å². The van der Waals surface area contributed by atoms with Crippen molar-refractivity contribution >= 4 is 17.4 Å². The Labute approximate surface area is 107 Å². The summed E-state index contributed by atoms with van der Waals surface area (Å²) in [6.07, 6.45) is 7.64.